The average Bonchev–Trinajstić information content (AvgIpc) is 2.93. The van der Waals surface area contributed by atoms with Crippen LogP contribution in [0.25, 0.3) is 10.8 Å². The fourth-order valence-corrected chi connectivity index (χ4v) is 4.13. The van der Waals surface area contributed by atoms with Gasteiger partial charge in [0.05, 0.1) is 10.6 Å². The van der Waals surface area contributed by atoms with Gasteiger partial charge in [0, 0.05) is 36.1 Å². The van der Waals surface area contributed by atoms with Crippen LogP contribution in [0.2, 0.25) is 0 Å². The summed E-state index contributed by atoms with van der Waals surface area (Å²) in [6.45, 7) is 3.73. The van der Waals surface area contributed by atoms with Crippen molar-refractivity contribution in [3.63, 3.8) is 0 Å². The van der Waals surface area contributed by atoms with Gasteiger partial charge in [-0.05, 0) is 25.5 Å². The third-order valence-electron chi connectivity index (χ3n) is 4.21. The zero-order valence-corrected chi connectivity index (χ0v) is 15.5. The average molecular weight is 359 g/mol. The first-order valence-corrected chi connectivity index (χ1v) is 9.50. The molecular weight excluding hydrogens is 338 g/mol. The molecule has 1 heterocycles. The monoisotopic (exact) mass is 359 g/mol. The first kappa shape index (κ1) is 17.3. The number of aryl methyl sites for hydroxylation is 1. The van der Waals surface area contributed by atoms with E-state index in [-0.39, 0.29) is 10.8 Å². The van der Waals surface area contributed by atoms with E-state index >= 15 is 0 Å². The lowest BCUT2D eigenvalue weighted by atomic mass is 10.1. The fourth-order valence-electron chi connectivity index (χ4n) is 2.86. The Labute approximate surface area is 147 Å². The molecule has 1 N–H and O–H groups in total. The quantitative estimate of drug-likeness (QED) is 0.754. The van der Waals surface area contributed by atoms with E-state index in [0.29, 0.717) is 17.4 Å². The SMILES string of the molecule is CCc1noc(NS(=O)(=O)c2cccc3c(N(C)C)cccc23)c1C. The summed E-state index contributed by atoms with van der Waals surface area (Å²) in [6, 6.07) is 10.9. The molecule has 0 saturated carbocycles. The molecule has 0 bridgehead atoms. The van der Waals surface area contributed by atoms with Crippen LogP contribution in [0.3, 0.4) is 0 Å². The molecule has 25 heavy (non-hydrogen) atoms. The second kappa shape index (κ2) is 6.40. The molecule has 2 aromatic carbocycles. The molecule has 0 atom stereocenters. The van der Waals surface area contributed by atoms with Crippen molar-refractivity contribution in [2.45, 2.75) is 25.2 Å². The van der Waals surface area contributed by atoms with Crippen LogP contribution in [0.1, 0.15) is 18.2 Å². The van der Waals surface area contributed by atoms with Crippen molar-refractivity contribution < 1.29 is 12.9 Å². The van der Waals surface area contributed by atoms with Gasteiger partial charge in [0.2, 0.25) is 5.88 Å². The maximum Gasteiger partial charge on any atom is 0.264 e. The largest absolute Gasteiger partial charge is 0.377 e. The maximum absolute atomic E-state index is 12.9. The van der Waals surface area contributed by atoms with Crippen molar-refractivity contribution in [2.24, 2.45) is 0 Å². The molecule has 0 spiro atoms. The summed E-state index contributed by atoms with van der Waals surface area (Å²) in [7, 11) is 0.0558. The minimum Gasteiger partial charge on any atom is -0.377 e. The number of sulfonamides is 1. The summed E-state index contributed by atoms with van der Waals surface area (Å²) in [6.07, 6.45) is 0.678. The van der Waals surface area contributed by atoms with Gasteiger partial charge in [-0.25, -0.2) is 13.1 Å². The molecule has 3 aromatic rings. The van der Waals surface area contributed by atoms with Crippen LogP contribution in [0.4, 0.5) is 11.6 Å². The van der Waals surface area contributed by atoms with Gasteiger partial charge >= 0.3 is 0 Å². The molecular formula is C18H21N3O3S. The summed E-state index contributed by atoms with van der Waals surface area (Å²) in [5.74, 6) is 0.164. The Balaban J connectivity index is 2.11. The Morgan fingerprint density at radius 1 is 1.12 bits per heavy atom. The van der Waals surface area contributed by atoms with Crippen molar-refractivity contribution in [1.82, 2.24) is 5.16 Å². The maximum atomic E-state index is 12.9. The summed E-state index contributed by atoms with van der Waals surface area (Å²) < 4.78 is 33.6. The van der Waals surface area contributed by atoms with Crippen LogP contribution in [0.5, 0.6) is 0 Å². The number of aromatic nitrogens is 1. The van der Waals surface area contributed by atoms with Gasteiger partial charge in [-0.1, -0.05) is 36.3 Å². The summed E-state index contributed by atoms with van der Waals surface area (Å²) in [4.78, 5) is 2.17. The van der Waals surface area contributed by atoms with Gasteiger partial charge in [-0.15, -0.1) is 0 Å². The third kappa shape index (κ3) is 3.07. The topological polar surface area (TPSA) is 75.4 Å². The molecule has 132 valence electrons. The lowest BCUT2D eigenvalue weighted by Crippen LogP contribution is -2.14. The van der Waals surface area contributed by atoms with Crippen LogP contribution in [-0.2, 0) is 16.4 Å². The molecule has 0 fully saturated rings. The van der Waals surface area contributed by atoms with Gasteiger partial charge in [-0.3, -0.25) is 0 Å². The number of hydrogen-bond acceptors (Lipinski definition) is 5. The Bertz CT molecular complexity index is 1020. The second-order valence-corrected chi connectivity index (χ2v) is 7.72. The number of nitrogens with zero attached hydrogens (tertiary/aromatic N) is 2. The van der Waals surface area contributed by atoms with Gasteiger partial charge < -0.3 is 9.42 Å². The van der Waals surface area contributed by atoms with Crippen molar-refractivity contribution in [3.8, 4) is 0 Å². The van der Waals surface area contributed by atoms with Gasteiger partial charge in [0.15, 0.2) is 0 Å². The predicted molar refractivity (Wildman–Crippen MR) is 99.7 cm³/mol. The molecule has 0 amide bonds. The lowest BCUT2D eigenvalue weighted by Gasteiger charge is -2.17. The normalized spacial score (nSPS) is 11.7. The van der Waals surface area contributed by atoms with E-state index in [1.165, 1.54) is 0 Å². The highest BCUT2D eigenvalue weighted by Gasteiger charge is 2.22. The highest BCUT2D eigenvalue weighted by molar-refractivity contribution is 7.93. The van der Waals surface area contributed by atoms with E-state index < -0.39 is 10.0 Å². The molecule has 7 heteroatoms. The highest BCUT2D eigenvalue weighted by atomic mass is 32.2. The van der Waals surface area contributed by atoms with Crippen LogP contribution < -0.4 is 9.62 Å². The Kier molecular flexibility index (Phi) is 4.43. The lowest BCUT2D eigenvalue weighted by molar-refractivity contribution is 0.427. The minimum absolute atomic E-state index is 0.164. The number of benzene rings is 2. The zero-order chi connectivity index (χ0) is 18.2. The third-order valence-corrected chi connectivity index (χ3v) is 5.60. The molecule has 6 nitrogen and oxygen atoms in total. The Morgan fingerprint density at radius 3 is 2.44 bits per heavy atom. The number of anilines is 2. The molecule has 0 saturated heterocycles. The Hall–Kier alpha value is -2.54. The summed E-state index contributed by atoms with van der Waals surface area (Å²) in [5, 5.41) is 5.44. The van der Waals surface area contributed by atoms with Crippen LogP contribution in [0.15, 0.2) is 45.8 Å². The van der Waals surface area contributed by atoms with E-state index in [2.05, 4.69) is 9.88 Å². The molecule has 3 rings (SSSR count). The summed E-state index contributed by atoms with van der Waals surface area (Å²) >= 11 is 0. The van der Waals surface area contributed by atoms with Gasteiger partial charge in [0.25, 0.3) is 10.0 Å². The van der Waals surface area contributed by atoms with Crippen LogP contribution in [-0.4, -0.2) is 27.7 Å². The van der Waals surface area contributed by atoms with E-state index in [1.54, 1.807) is 19.1 Å². The summed E-state index contributed by atoms with van der Waals surface area (Å²) in [5.41, 5.74) is 2.41. The highest BCUT2D eigenvalue weighted by Crippen LogP contribution is 2.31. The molecule has 1 aromatic heterocycles. The first-order valence-electron chi connectivity index (χ1n) is 8.02. The van der Waals surface area contributed by atoms with Crippen LogP contribution in [0, 0.1) is 6.92 Å². The van der Waals surface area contributed by atoms with Crippen molar-refractivity contribution in [3.05, 3.63) is 47.7 Å². The first-order chi connectivity index (χ1) is 11.8. The molecule has 0 aliphatic carbocycles. The van der Waals surface area contributed by atoms with E-state index in [9.17, 15) is 8.42 Å². The smallest absolute Gasteiger partial charge is 0.264 e. The number of hydrogen-bond donors (Lipinski definition) is 1. The zero-order valence-electron chi connectivity index (χ0n) is 14.7. The van der Waals surface area contributed by atoms with Crippen molar-refractivity contribution in [1.29, 1.82) is 0 Å². The second-order valence-electron chi connectivity index (χ2n) is 6.07. The van der Waals surface area contributed by atoms with Crippen molar-refractivity contribution >= 4 is 32.4 Å². The molecule has 0 aliphatic rings. The Morgan fingerprint density at radius 2 is 1.80 bits per heavy atom. The number of nitrogens with one attached hydrogen (secondary N) is 1. The van der Waals surface area contributed by atoms with E-state index in [4.69, 9.17) is 4.52 Å². The molecule has 0 unspecified atom stereocenters. The van der Waals surface area contributed by atoms with Crippen molar-refractivity contribution in [2.75, 3.05) is 23.7 Å². The minimum atomic E-state index is -3.80. The molecule has 0 radical (unpaired) electrons. The molecule has 0 aliphatic heterocycles. The standard InChI is InChI=1S/C18H21N3O3S/c1-5-15-12(2)18(24-19-15)20-25(22,23)17-11-7-8-13-14(17)9-6-10-16(13)21(3)4/h6-11,20H,5H2,1-4H3. The van der Waals surface area contributed by atoms with E-state index in [0.717, 1.165) is 16.8 Å². The number of fused-ring (bicyclic) bond motifs is 1. The van der Waals surface area contributed by atoms with Gasteiger partial charge in [0.1, 0.15) is 0 Å². The van der Waals surface area contributed by atoms with E-state index in [1.807, 2.05) is 50.2 Å². The van der Waals surface area contributed by atoms with Gasteiger partial charge in [-0.2, -0.15) is 0 Å². The fraction of sp³-hybridized carbons (Fsp3) is 0.278. The van der Waals surface area contributed by atoms with Crippen LogP contribution >= 0.6 is 0 Å². The number of rotatable bonds is 5. The predicted octanol–water partition coefficient (Wildman–Crippen LogP) is 3.57.